The zero-order chi connectivity index (χ0) is 23.6. The largest absolute Gasteiger partial charge is 0.411 e. The zero-order valence-electron chi connectivity index (χ0n) is 19.2. The Morgan fingerprint density at radius 1 is 1.21 bits per heavy atom. The summed E-state index contributed by atoms with van der Waals surface area (Å²) in [5.74, 6) is -0.382. The minimum atomic E-state index is -0.382. The lowest BCUT2D eigenvalue weighted by atomic mass is 10.1. The smallest absolute Gasteiger partial charge is 0.221 e. The Labute approximate surface area is 191 Å². The number of benzene rings is 1. The molecule has 33 heavy (non-hydrogen) atoms. The summed E-state index contributed by atoms with van der Waals surface area (Å²) in [5.41, 5.74) is 2.44. The number of oxime groups is 1. The van der Waals surface area contributed by atoms with E-state index in [2.05, 4.69) is 49.6 Å². The number of halogens is 1. The second kappa shape index (κ2) is 11.9. The molecule has 1 aromatic carbocycles. The molecule has 0 saturated carbocycles. The summed E-state index contributed by atoms with van der Waals surface area (Å²) in [6.45, 7) is 8.49. The summed E-state index contributed by atoms with van der Waals surface area (Å²) in [6.07, 6.45) is 7.09. The highest BCUT2D eigenvalue weighted by Gasteiger charge is 2.13. The van der Waals surface area contributed by atoms with Crippen LogP contribution in [0.3, 0.4) is 0 Å². The molecule has 4 heterocycles. The van der Waals surface area contributed by atoms with Crippen LogP contribution in [0.4, 0.5) is 4.39 Å². The molecule has 0 atom stereocenters. The number of fused-ring (bicyclic) bond motifs is 2. The molecule has 0 bridgehead atoms. The third-order valence-electron chi connectivity index (χ3n) is 4.80. The molecule has 1 saturated heterocycles. The van der Waals surface area contributed by atoms with Crippen LogP contribution in [0, 0.1) is 5.82 Å². The molecule has 0 unspecified atom stereocenters. The van der Waals surface area contributed by atoms with Crippen molar-refractivity contribution in [2.24, 2.45) is 5.16 Å². The Hall–Kier alpha value is -3.53. The molecule has 0 amide bonds. The molecule has 1 aliphatic rings. The van der Waals surface area contributed by atoms with Crippen molar-refractivity contribution in [2.75, 3.05) is 13.1 Å². The molecule has 1 aliphatic heterocycles. The van der Waals surface area contributed by atoms with E-state index in [-0.39, 0.29) is 12.4 Å². The maximum Gasteiger partial charge on any atom is 0.221 e. The van der Waals surface area contributed by atoms with Gasteiger partial charge in [-0.05, 0) is 45.0 Å². The van der Waals surface area contributed by atoms with Gasteiger partial charge in [-0.15, -0.1) is 5.10 Å². The Morgan fingerprint density at radius 2 is 1.97 bits per heavy atom. The van der Waals surface area contributed by atoms with E-state index in [1.165, 1.54) is 49.3 Å². The van der Waals surface area contributed by atoms with Crippen LogP contribution in [0.5, 0.6) is 0 Å². The Kier molecular flexibility index (Phi) is 8.71. The molecule has 2 N–H and O–H groups in total. The van der Waals surface area contributed by atoms with Crippen molar-refractivity contribution in [3.05, 3.63) is 53.7 Å². The fourth-order valence-corrected chi connectivity index (χ4v) is 3.14. The second-order valence-corrected chi connectivity index (χ2v) is 7.64. The van der Waals surface area contributed by atoms with Crippen LogP contribution in [-0.4, -0.2) is 54.0 Å². The summed E-state index contributed by atoms with van der Waals surface area (Å²) in [7, 11) is 0. The average Bonchev–Trinajstić information content (AvgIpc) is 3.53. The van der Waals surface area contributed by atoms with Crippen molar-refractivity contribution in [1.82, 2.24) is 35.3 Å². The van der Waals surface area contributed by atoms with Crippen molar-refractivity contribution in [2.45, 2.75) is 46.6 Å². The number of rotatable bonds is 3. The molecule has 0 spiro atoms. The van der Waals surface area contributed by atoms with Crippen LogP contribution < -0.4 is 5.32 Å². The fourth-order valence-electron chi connectivity index (χ4n) is 3.14. The number of nitrogens with zero attached hydrogens (tertiary/aromatic N) is 7. The summed E-state index contributed by atoms with van der Waals surface area (Å²) >= 11 is 0. The standard InChI is InChI=1S/C16H12FN7O.C4H9N.C3H8/c1-9(22-25)14-7-19-15-16(20-14)24(23-21-15)8-11-5-10-3-2-4-18-13(10)6-12(11)17;1-2-4-5-3-1;1-3-2/h2-7,25H,8H2,1H3;5H,1-4H2;3H2,1-2H3/b22-9+;;. The van der Waals surface area contributed by atoms with E-state index in [1.807, 2.05) is 6.07 Å². The van der Waals surface area contributed by atoms with E-state index in [1.54, 1.807) is 25.3 Å². The van der Waals surface area contributed by atoms with Crippen molar-refractivity contribution < 1.29 is 9.60 Å². The third kappa shape index (κ3) is 6.26. The first-order chi connectivity index (χ1) is 16.1. The average molecular weight is 453 g/mol. The van der Waals surface area contributed by atoms with Gasteiger partial charge in [-0.2, -0.15) is 0 Å². The topological polar surface area (TPSA) is 114 Å². The van der Waals surface area contributed by atoms with Gasteiger partial charge in [0.25, 0.3) is 0 Å². The van der Waals surface area contributed by atoms with Crippen LogP contribution >= 0.6 is 0 Å². The van der Waals surface area contributed by atoms with Gasteiger partial charge >= 0.3 is 0 Å². The highest BCUT2D eigenvalue weighted by Crippen LogP contribution is 2.19. The first-order valence-electron chi connectivity index (χ1n) is 11.1. The Morgan fingerprint density at radius 3 is 2.64 bits per heavy atom. The van der Waals surface area contributed by atoms with Gasteiger partial charge in [0, 0.05) is 23.2 Å². The van der Waals surface area contributed by atoms with E-state index >= 15 is 0 Å². The molecule has 4 aromatic rings. The predicted octanol–water partition coefficient (Wildman–Crippen LogP) is 3.94. The van der Waals surface area contributed by atoms with E-state index < -0.39 is 0 Å². The molecule has 0 aliphatic carbocycles. The van der Waals surface area contributed by atoms with Crippen LogP contribution in [0.25, 0.3) is 22.2 Å². The van der Waals surface area contributed by atoms with Crippen molar-refractivity contribution in [3.8, 4) is 0 Å². The lowest BCUT2D eigenvalue weighted by Gasteiger charge is -2.06. The molecule has 3 aromatic heterocycles. The minimum Gasteiger partial charge on any atom is -0.411 e. The number of hydrogen-bond donors (Lipinski definition) is 2. The summed E-state index contributed by atoms with van der Waals surface area (Å²) in [5, 5.41) is 24.0. The molecule has 5 rings (SSSR count). The zero-order valence-corrected chi connectivity index (χ0v) is 19.2. The van der Waals surface area contributed by atoms with Crippen molar-refractivity contribution in [3.63, 3.8) is 0 Å². The molecule has 9 nitrogen and oxygen atoms in total. The maximum atomic E-state index is 14.4. The molecular weight excluding hydrogens is 423 g/mol. The number of aromatic nitrogens is 6. The summed E-state index contributed by atoms with van der Waals surface area (Å²) < 4.78 is 15.8. The van der Waals surface area contributed by atoms with E-state index in [9.17, 15) is 4.39 Å². The van der Waals surface area contributed by atoms with Crippen LogP contribution in [0.15, 0.2) is 41.8 Å². The molecule has 10 heteroatoms. The monoisotopic (exact) mass is 452 g/mol. The highest BCUT2D eigenvalue weighted by atomic mass is 19.1. The van der Waals surface area contributed by atoms with Crippen molar-refractivity contribution >= 4 is 27.9 Å². The third-order valence-corrected chi connectivity index (χ3v) is 4.80. The van der Waals surface area contributed by atoms with E-state index in [4.69, 9.17) is 5.21 Å². The summed E-state index contributed by atoms with van der Waals surface area (Å²) in [4.78, 5) is 12.6. The molecule has 1 fully saturated rings. The first kappa shape index (κ1) is 24.1. The lowest BCUT2D eigenvalue weighted by Crippen LogP contribution is -2.07. The normalized spacial score (nSPS) is 13.4. The van der Waals surface area contributed by atoms with Gasteiger partial charge < -0.3 is 10.5 Å². The Bertz CT molecular complexity index is 1210. The summed E-state index contributed by atoms with van der Waals surface area (Å²) in [6, 6.07) is 6.78. The predicted molar refractivity (Wildman–Crippen MR) is 126 cm³/mol. The van der Waals surface area contributed by atoms with Gasteiger partial charge in [0.05, 0.1) is 18.3 Å². The fraction of sp³-hybridized carbons (Fsp3) is 0.391. The quantitative estimate of drug-likeness (QED) is 0.275. The van der Waals surface area contributed by atoms with E-state index in [0.29, 0.717) is 33.8 Å². The first-order valence-corrected chi connectivity index (χ1v) is 11.1. The van der Waals surface area contributed by atoms with Crippen molar-refractivity contribution in [1.29, 1.82) is 0 Å². The minimum absolute atomic E-state index is 0.140. The number of pyridine rings is 1. The van der Waals surface area contributed by atoms with Gasteiger partial charge in [0.2, 0.25) is 5.65 Å². The number of hydrogen-bond acceptors (Lipinski definition) is 8. The van der Waals surface area contributed by atoms with Gasteiger partial charge in [0.15, 0.2) is 5.65 Å². The molecule has 174 valence electrons. The van der Waals surface area contributed by atoms with Gasteiger partial charge in [-0.3, -0.25) is 4.98 Å². The van der Waals surface area contributed by atoms with Crippen LogP contribution in [0.2, 0.25) is 0 Å². The lowest BCUT2D eigenvalue weighted by molar-refractivity contribution is 0.319. The molecule has 0 radical (unpaired) electrons. The van der Waals surface area contributed by atoms with Crippen LogP contribution in [-0.2, 0) is 6.54 Å². The Balaban J connectivity index is 0.000000328. The second-order valence-electron chi connectivity index (χ2n) is 7.64. The van der Waals surface area contributed by atoms with Gasteiger partial charge in [-0.25, -0.2) is 19.0 Å². The maximum absolute atomic E-state index is 14.4. The SMILES string of the molecule is C/C(=N\O)c1cnc2nnn(Cc3cc4cccnc4cc3F)c2n1.C1CCNC1.CCC. The van der Waals surface area contributed by atoms with Gasteiger partial charge in [-0.1, -0.05) is 36.7 Å². The van der Waals surface area contributed by atoms with Gasteiger partial charge in [0.1, 0.15) is 17.2 Å². The molecular formula is C23H29FN8O. The highest BCUT2D eigenvalue weighted by molar-refractivity contribution is 5.97. The van der Waals surface area contributed by atoms with Crippen LogP contribution in [0.1, 0.15) is 51.3 Å². The van der Waals surface area contributed by atoms with E-state index in [0.717, 1.165) is 5.39 Å². The number of nitrogens with one attached hydrogen (secondary N) is 1.